The molecule has 0 aliphatic carbocycles. The van der Waals surface area contributed by atoms with Crippen LogP contribution in [-0.2, 0) is 9.59 Å². The molecule has 178 valence electrons. The largest absolute Gasteiger partial charge is 0.423 e. The SMILES string of the molecule is CC(C)c1cccc(OC(=O)c2ccc(NC3=C(Cl)C(=O)N(c4cc(Cl)cc(Cl)c4)C3=O)cc2)c1. The minimum atomic E-state index is -0.707. The van der Waals surface area contributed by atoms with Crippen molar-refractivity contribution in [2.24, 2.45) is 0 Å². The number of anilines is 2. The van der Waals surface area contributed by atoms with Crippen LogP contribution in [0.3, 0.4) is 0 Å². The highest BCUT2D eigenvalue weighted by atomic mass is 35.5. The lowest BCUT2D eigenvalue weighted by Crippen LogP contribution is -2.32. The zero-order valence-corrected chi connectivity index (χ0v) is 20.9. The van der Waals surface area contributed by atoms with Gasteiger partial charge in [0.15, 0.2) is 0 Å². The third-order valence-electron chi connectivity index (χ3n) is 5.26. The summed E-state index contributed by atoms with van der Waals surface area (Å²) in [6.45, 7) is 4.11. The van der Waals surface area contributed by atoms with Crippen LogP contribution in [0.15, 0.2) is 77.5 Å². The summed E-state index contributed by atoms with van der Waals surface area (Å²) in [7, 11) is 0. The van der Waals surface area contributed by atoms with Gasteiger partial charge >= 0.3 is 5.97 Å². The molecule has 0 saturated carbocycles. The number of nitrogens with zero attached hydrogens (tertiary/aromatic N) is 1. The molecule has 4 rings (SSSR count). The number of halogens is 3. The highest BCUT2D eigenvalue weighted by Gasteiger charge is 2.39. The predicted octanol–water partition coefficient (Wildman–Crippen LogP) is 6.77. The quantitative estimate of drug-likeness (QED) is 0.217. The molecule has 1 aliphatic heterocycles. The third kappa shape index (κ3) is 5.35. The molecule has 0 saturated heterocycles. The summed E-state index contributed by atoms with van der Waals surface area (Å²) in [6.07, 6.45) is 0. The molecule has 3 aromatic rings. The lowest BCUT2D eigenvalue weighted by atomic mass is 10.0. The zero-order valence-electron chi connectivity index (χ0n) is 18.6. The normalized spacial score (nSPS) is 13.6. The van der Waals surface area contributed by atoms with E-state index >= 15 is 0 Å². The molecule has 6 nitrogen and oxygen atoms in total. The first-order valence-electron chi connectivity index (χ1n) is 10.6. The number of esters is 1. The van der Waals surface area contributed by atoms with Crippen molar-refractivity contribution in [2.75, 3.05) is 10.2 Å². The zero-order chi connectivity index (χ0) is 25.3. The number of nitrogens with one attached hydrogen (secondary N) is 1. The van der Waals surface area contributed by atoms with Crippen LogP contribution in [0.25, 0.3) is 0 Å². The van der Waals surface area contributed by atoms with Crippen LogP contribution in [0, 0.1) is 0 Å². The van der Waals surface area contributed by atoms with Gasteiger partial charge in [0.25, 0.3) is 11.8 Å². The summed E-state index contributed by atoms with van der Waals surface area (Å²) in [4.78, 5) is 39.0. The fraction of sp³-hybridized carbons (Fsp3) is 0.115. The van der Waals surface area contributed by atoms with Gasteiger partial charge in [0, 0.05) is 15.7 Å². The molecule has 0 spiro atoms. The van der Waals surface area contributed by atoms with Gasteiger partial charge in [-0.15, -0.1) is 0 Å². The minimum absolute atomic E-state index is 0.103. The molecule has 0 bridgehead atoms. The van der Waals surface area contributed by atoms with Crippen molar-refractivity contribution in [3.63, 3.8) is 0 Å². The average Bonchev–Trinajstić information content (AvgIpc) is 3.02. The maximum atomic E-state index is 12.9. The fourth-order valence-corrected chi connectivity index (χ4v) is 4.18. The third-order valence-corrected chi connectivity index (χ3v) is 6.05. The van der Waals surface area contributed by atoms with Gasteiger partial charge in [-0.25, -0.2) is 9.69 Å². The van der Waals surface area contributed by atoms with Crippen LogP contribution < -0.4 is 15.0 Å². The molecule has 2 amide bonds. The second-order valence-electron chi connectivity index (χ2n) is 8.08. The summed E-state index contributed by atoms with van der Waals surface area (Å²) >= 11 is 18.2. The molecule has 0 atom stereocenters. The first-order chi connectivity index (χ1) is 16.6. The first kappa shape index (κ1) is 24.8. The fourth-order valence-electron chi connectivity index (χ4n) is 3.45. The molecule has 35 heavy (non-hydrogen) atoms. The van der Waals surface area contributed by atoms with E-state index in [0.717, 1.165) is 10.5 Å². The summed E-state index contributed by atoms with van der Waals surface area (Å²) in [5.41, 5.74) is 1.92. The Bertz CT molecular complexity index is 1350. The highest BCUT2D eigenvalue weighted by molar-refractivity contribution is 6.53. The first-order valence-corrected chi connectivity index (χ1v) is 11.7. The van der Waals surface area contributed by atoms with Crippen molar-refractivity contribution in [3.05, 3.63) is 98.6 Å². The van der Waals surface area contributed by atoms with Crippen molar-refractivity contribution in [1.29, 1.82) is 0 Å². The molecular formula is C26H19Cl3N2O4. The summed E-state index contributed by atoms with van der Waals surface area (Å²) in [6, 6.07) is 18.0. The van der Waals surface area contributed by atoms with Gasteiger partial charge in [-0.2, -0.15) is 0 Å². The Morgan fingerprint density at radius 3 is 2.17 bits per heavy atom. The molecular weight excluding hydrogens is 511 g/mol. The Kier molecular flexibility index (Phi) is 7.17. The second kappa shape index (κ2) is 10.1. The van der Waals surface area contributed by atoms with Gasteiger partial charge < -0.3 is 10.1 Å². The van der Waals surface area contributed by atoms with E-state index in [0.29, 0.717) is 22.9 Å². The van der Waals surface area contributed by atoms with Crippen molar-refractivity contribution < 1.29 is 19.1 Å². The Labute approximate surface area is 217 Å². The van der Waals surface area contributed by atoms with Crippen LogP contribution >= 0.6 is 34.8 Å². The van der Waals surface area contributed by atoms with Crippen molar-refractivity contribution in [1.82, 2.24) is 0 Å². The van der Waals surface area contributed by atoms with E-state index in [1.807, 2.05) is 18.2 Å². The monoisotopic (exact) mass is 528 g/mol. The van der Waals surface area contributed by atoms with Gasteiger partial charge in [0.2, 0.25) is 0 Å². The molecule has 1 aliphatic rings. The number of benzene rings is 3. The smallest absolute Gasteiger partial charge is 0.343 e. The Balaban J connectivity index is 1.48. The summed E-state index contributed by atoms with van der Waals surface area (Å²) in [5, 5.41) is 3.11. The van der Waals surface area contributed by atoms with Crippen LogP contribution in [-0.4, -0.2) is 17.8 Å². The van der Waals surface area contributed by atoms with Crippen molar-refractivity contribution in [3.8, 4) is 5.75 Å². The van der Waals surface area contributed by atoms with Gasteiger partial charge in [-0.1, -0.05) is 60.8 Å². The Morgan fingerprint density at radius 2 is 1.54 bits per heavy atom. The average molecular weight is 530 g/mol. The van der Waals surface area contributed by atoms with Gasteiger partial charge in [0.1, 0.15) is 16.5 Å². The second-order valence-corrected chi connectivity index (χ2v) is 9.33. The number of hydrogen-bond acceptors (Lipinski definition) is 5. The minimum Gasteiger partial charge on any atom is -0.423 e. The van der Waals surface area contributed by atoms with Crippen molar-refractivity contribution in [2.45, 2.75) is 19.8 Å². The van der Waals surface area contributed by atoms with E-state index < -0.39 is 17.8 Å². The topological polar surface area (TPSA) is 75.7 Å². The van der Waals surface area contributed by atoms with Crippen LogP contribution in [0.1, 0.15) is 35.7 Å². The number of ether oxygens (including phenoxy) is 1. The number of hydrogen-bond donors (Lipinski definition) is 1. The highest BCUT2D eigenvalue weighted by Crippen LogP contribution is 2.33. The van der Waals surface area contributed by atoms with E-state index in [1.165, 1.54) is 18.2 Å². The number of carbonyl (C=O) groups excluding carboxylic acids is 3. The molecule has 9 heteroatoms. The maximum absolute atomic E-state index is 12.9. The maximum Gasteiger partial charge on any atom is 0.343 e. The lowest BCUT2D eigenvalue weighted by Gasteiger charge is -2.16. The Hall–Kier alpha value is -3.32. The number of rotatable bonds is 6. The number of amides is 2. The molecule has 3 aromatic carbocycles. The molecule has 1 heterocycles. The molecule has 0 unspecified atom stereocenters. The number of imide groups is 1. The van der Waals surface area contributed by atoms with Crippen LogP contribution in [0.4, 0.5) is 11.4 Å². The van der Waals surface area contributed by atoms with E-state index in [2.05, 4.69) is 19.2 Å². The van der Waals surface area contributed by atoms with E-state index in [1.54, 1.807) is 30.3 Å². The standard InChI is InChI=1S/C26H19Cl3N2O4/c1-14(2)16-4-3-5-21(10-16)35-26(34)15-6-8-19(9-7-15)30-23-22(29)24(32)31(25(23)33)20-12-17(27)11-18(28)13-20/h3-14,30H,1-2H3. The van der Waals surface area contributed by atoms with Crippen LogP contribution in [0.5, 0.6) is 5.75 Å². The summed E-state index contributed by atoms with van der Waals surface area (Å²) in [5.74, 6) is -1.13. The van der Waals surface area contributed by atoms with Crippen LogP contribution in [0.2, 0.25) is 10.0 Å². The molecule has 0 fully saturated rings. The van der Waals surface area contributed by atoms with Gasteiger partial charge in [-0.05, 0) is 66.1 Å². The van der Waals surface area contributed by atoms with E-state index in [-0.39, 0.29) is 26.5 Å². The van der Waals surface area contributed by atoms with Gasteiger partial charge in [0.05, 0.1) is 11.3 Å². The van der Waals surface area contributed by atoms with E-state index in [4.69, 9.17) is 39.5 Å². The molecule has 0 radical (unpaired) electrons. The number of carbonyl (C=O) groups is 3. The summed E-state index contributed by atoms with van der Waals surface area (Å²) < 4.78 is 5.48. The van der Waals surface area contributed by atoms with Crippen molar-refractivity contribution >= 4 is 64.0 Å². The Morgan fingerprint density at radius 1 is 0.886 bits per heavy atom. The van der Waals surface area contributed by atoms with Gasteiger partial charge in [-0.3, -0.25) is 9.59 Å². The molecule has 1 N–H and O–H groups in total. The lowest BCUT2D eigenvalue weighted by molar-refractivity contribution is -0.120. The van der Waals surface area contributed by atoms with E-state index in [9.17, 15) is 14.4 Å². The molecule has 0 aromatic heterocycles. The predicted molar refractivity (Wildman–Crippen MR) is 137 cm³/mol.